The van der Waals surface area contributed by atoms with Crippen molar-refractivity contribution in [1.82, 2.24) is 9.69 Å². The first-order chi connectivity index (χ1) is 8.30. The van der Waals surface area contributed by atoms with Crippen LogP contribution in [0.4, 0.5) is 0 Å². The van der Waals surface area contributed by atoms with Crippen molar-refractivity contribution < 1.29 is 4.74 Å². The summed E-state index contributed by atoms with van der Waals surface area (Å²) in [7, 11) is 0. The third kappa shape index (κ3) is 2.14. The first-order valence-corrected chi connectivity index (χ1v) is 7.40. The van der Waals surface area contributed by atoms with E-state index in [4.69, 9.17) is 4.74 Å². The number of morpholine rings is 1. The molecular formula is C13H20N2OS. The molecular weight excluding hydrogens is 232 g/mol. The van der Waals surface area contributed by atoms with Gasteiger partial charge in [0.1, 0.15) is 0 Å². The van der Waals surface area contributed by atoms with Crippen molar-refractivity contribution in [3.8, 4) is 0 Å². The van der Waals surface area contributed by atoms with Gasteiger partial charge < -0.3 is 10.1 Å². The van der Waals surface area contributed by atoms with Crippen LogP contribution in [0.25, 0.3) is 0 Å². The maximum atomic E-state index is 6.23. The van der Waals surface area contributed by atoms with E-state index in [0.29, 0.717) is 6.04 Å². The van der Waals surface area contributed by atoms with E-state index >= 15 is 0 Å². The minimum Gasteiger partial charge on any atom is -0.372 e. The molecule has 1 aliphatic heterocycles. The standard InChI is InChI=1S/C13H20N2OS/c1-10-3-2-4-13(7-10)12(14-5-6-16-13)11-8-15-17-9-11/h8-10,12,14H,2-7H2,1H3. The lowest BCUT2D eigenvalue weighted by molar-refractivity contribution is -0.128. The second-order valence-electron chi connectivity index (χ2n) is 5.46. The van der Waals surface area contributed by atoms with Gasteiger partial charge in [-0.1, -0.05) is 19.8 Å². The molecule has 2 aliphatic rings. The lowest BCUT2D eigenvalue weighted by Gasteiger charge is -2.48. The molecule has 0 amide bonds. The van der Waals surface area contributed by atoms with Crippen molar-refractivity contribution in [3.05, 3.63) is 17.1 Å². The van der Waals surface area contributed by atoms with Crippen molar-refractivity contribution in [2.75, 3.05) is 13.2 Å². The topological polar surface area (TPSA) is 34.1 Å². The predicted molar refractivity (Wildman–Crippen MR) is 69.2 cm³/mol. The third-order valence-corrected chi connectivity index (χ3v) is 4.75. The zero-order chi connectivity index (χ0) is 11.7. The maximum absolute atomic E-state index is 6.23. The first kappa shape index (κ1) is 11.6. The monoisotopic (exact) mass is 252 g/mol. The Morgan fingerprint density at radius 2 is 2.53 bits per heavy atom. The molecule has 94 valence electrons. The number of nitrogens with zero attached hydrogens (tertiary/aromatic N) is 1. The summed E-state index contributed by atoms with van der Waals surface area (Å²) in [6.07, 6.45) is 7.00. The van der Waals surface area contributed by atoms with Gasteiger partial charge >= 0.3 is 0 Å². The summed E-state index contributed by atoms with van der Waals surface area (Å²) in [5.74, 6) is 0.776. The third-order valence-electron chi connectivity index (χ3n) is 4.14. The summed E-state index contributed by atoms with van der Waals surface area (Å²) in [6.45, 7) is 4.15. The molecule has 1 N–H and O–H groups in total. The van der Waals surface area contributed by atoms with Crippen LogP contribution in [-0.4, -0.2) is 23.1 Å². The number of ether oxygens (including phenoxy) is 1. The number of hydrogen-bond acceptors (Lipinski definition) is 4. The number of nitrogens with one attached hydrogen (secondary N) is 1. The summed E-state index contributed by atoms with van der Waals surface area (Å²) in [4.78, 5) is 0. The summed E-state index contributed by atoms with van der Waals surface area (Å²) in [6, 6.07) is 0.345. The molecule has 2 fully saturated rings. The van der Waals surface area contributed by atoms with Gasteiger partial charge in [-0.3, -0.25) is 0 Å². The summed E-state index contributed by atoms with van der Waals surface area (Å²) in [5.41, 5.74) is 1.34. The molecule has 1 aliphatic carbocycles. The van der Waals surface area contributed by atoms with Gasteiger partial charge in [0.25, 0.3) is 0 Å². The molecule has 3 atom stereocenters. The molecule has 1 aromatic rings. The fourth-order valence-corrected chi connectivity index (χ4v) is 4.00. The Morgan fingerprint density at radius 1 is 1.59 bits per heavy atom. The molecule has 1 spiro atoms. The zero-order valence-electron chi connectivity index (χ0n) is 10.3. The van der Waals surface area contributed by atoms with Crippen molar-refractivity contribution in [2.45, 2.75) is 44.2 Å². The van der Waals surface area contributed by atoms with Crippen LogP contribution in [0, 0.1) is 5.92 Å². The number of rotatable bonds is 1. The Morgan fingerprint density at radius 3 is 3.29 bits per heavy atom. The fourth-order valence-electron chi connectivity index (χ4n) is 3.44. The molecule has 1 saturated carbocycles. The second kappa shape index (κ2) is 4.67. The number of hydrogen-bond donors (Lipinski definition) is 1. The van der Waals surface area contributed by atoms with Crippen LogP contribution in [-0.2, 0) is 4.74 Å². The Bertz CT molecular complexity index is 364. The van der Waals surface area contributed by atoms with E-state index < -0.39 is 0 Å². The van der Waals surface area contributed by atoms with E-state index in [1.807, 2.05) is 6.20 Å². The highest BCUT2D eigenvalue weighted by atomic mass is 32.1. The molecule has 0 aromatic carbocycles. The molecule has 3 unspecified atom stereocenters. The van der Waals surface area contributed by atoms with Crippen molar-refractivity contribution in [3.63, 3.8) is 0 Å². The van der Waals surface area contributed by atoms with Crippen molar-refractivity contribution >= 4 is 11.5 Å². The van der Waals surface area contributed by atoms with Gasteiger partial charge in [-0.25, -0.2) is 4.37 Å². The molecule has 3 nitrogen and oxygen atoms in total. The predicted octanol–water partition coefficient (Wildman–Crippen LogP) is 2.75. The van der Waals surface area contributed by atoms with Gasteiger partial charge in [-0.2, -0.15) is 0 Å². The Balaban J connectivity index is 1.88. The van der Waals surface area contributed by atoms with E-state index in [-0.39, 0.29) is 5.60 Å². The van der Waals surface area contributed by atoms with E-state index in [0.717, 1.165) is 19.1 Å². The van der Waals surface area contributed by atoms with E-state index in [1.165, 1.54) is 42.8 Å². The van der Waals surface area contributed by atoms with Gasteiger partial charge in [0.15, 0.2) is 0 Å². The normalized spacial score (nSPS) is 38.4. The van der Waals surface area contributed by atoms with Crippen LogP contribution >= 0.6 is 11.5 Å². The highest BCUT2D eigenvalue weighted by molar-refractivity contribution is 7.03. The average molecular weight is 252 g/mol. The minimum atomic E-state index is 0.0265. The summed E-state index contributed by atoms with van der Waals surface area (Å²) >= 11 is 1.54. The van der Waals surface area contributed by atoms with E-state index in [9.17, 15) is 0 Å². The quantitative estimate of drug-likeness (QED) is 0.834. The van der Waals surface area contributed by atoms with Crippen LogP contribution < -0.4 is 5.32 Å². The smallest absolute Gasteiger partial charge is 0.0880 e. The Labute approximate surface area is 107 Å². The van der Waals surface area contributed by atoms with Gasteiger partial charge in [0, 0.05) is 23.7 Å². The van der Waals surface area contributed by atoms with Crippen LogP contribution in [0.15, 0.2) is 11.6 Å². The first-order valence-electron chi connectivity index (χ1n) is 6.57. The highest BCUT2D eigenvalue weighted by Gasteiger charge is 2.45. The van der Waals surface area contributed by atoms with Crippen LogP contribution in [0.3, 0.4) is 0 Å². The molecule has 3 rings (SSSR count). The number of aromatic nitrogens is 1. The lowest BCUT2D eigenvalue weighted by Crippen LogP contribution is -2.54. The summed E-state index contributed by atoms with van der Waals surface area (Å²) < 4.78 is 10.5. The van der Waals surface area contributed by atoms with Crippen LogP contribution in [0.2, 0.25) is 0 Å². The zero-order valence-corrected chi connectivity index (χ0v) is 11.1. The molecule has 4 heteroatoms. The van der Waals surface area contributed by atoms with Crippen molar-refractivity contribution in [1.29, 1.82) is 0 Å². The molecule has 17 heavy (non-hydrogen) atoms. The SMILES string of the molecule is CC1CCCC2(C1)OCCNC2c1cnsc1. The molecule has 1 saturated heterocycles. The Kier molecular flexibility index (Phi) is 3.19. The molecule has 0 bridgehead atoms. The maximum Gasteiger partial charge on any atom is 0.0880 e. The lowest BCUT2D eigenvalue weighted by atomic mass is 9.72. The van der Waals surface area contributed by atoms with E-state index in [1.54, 1.807) is 0 Å². The van der Waals surface area contributed by atoms with E-state index in [2.05, 4.69) is 22.0 Å². The van der Waals surface area contributed by atoms with Gasteiger partial charge in [-0.05, 0) is 30.3 Å². The van der Waals surface area contributed by atoms with Gasteiger partial charge in [0.05, 0.1) is 18.2 Å². The van der Waals surface area contributed by atoms with Gasteiger partial charge in [0.2, 0.25) is 0 Å². The molecule has 0 radical (unpaired) electrons. The largest absolute Gasteiger partial charge is 0.372 e. The van der Waals surface area contributed by atoms with Crippen LogP contribution in [0.5, 0.6) is 0 Å². The molecule has 2 heterocycles. The van der Waals surface area contributed by atoms with Gasteiger partial charge in [-0.15, -0.1) is 0 Å². The van der Waals surface area contributed by atoms with Crippen LogP contribution in [0.1, 0.15) is 44.2 Å². The average Bonchev–Trinajstić information content (AvgIpc) is 2.83. The summed E-state index contributed by atoms with van der Waals surface area (Å²) in [5, 5.41) is 5.80. The fraction of sp³-hybridized carbons (Fsp3) is 0.769. The van der Waals surface area contributed by atoms with Crippen molar-refractivity contribution in [2.24, 2.45) is 5.92 Å². The Hall–Kier alpha value is -0.450. The highest BCUT2D eigenvalue weighted by Crippen LogP contribution is 2.44. The second-order valence-corrected chi connectivity index (χ2v) is 6.12. The molecule has 1 aromatic heterocycles. The minimum absolute atomic E-state index is 0.0265.